The van der Waals surface area contributed by atoms with E-state index in [0.29, 0.717) is 6.42 Å². The van der Waals surface area contributed by atoms with Crippen LogP contribution in [0.15, 0.2) is 85.1 Å². The first kappa shape index (κ1) is 44.7. The number of aliphatic hydroxyl groups is 1. The van der Waals surface area contributed by atoms with Gasteiger partial charge in [-0.3, -0.25) is 13.8 Å². The second kappa shape index (κ2) is 33.6. The maximum absolute atomic E-state index is 12.6. The lowest BCUT2D eigenvalue weighted by Crippen LogP contribution is -2.45. The molecule has 47 heavy (non-hydrogen) atoms. The van der Waals surface area contributed by atoms with E-state index in [0.717, 1.165) is 44.9 Å². The molecule has 0 radical (unpaired) electrons. The molecule has 0 aromatic heterocycles. The van der Waals surface area contributed by atoms with E-state index in [1.165, 1.54) is 44.9 Å². The Bertz CT molecular complexity index is 1000. The number of aliphatic hydroxyl groups excluding tert-OH is 1. The van der Waals surface area contributed by atoms with E-state index in [1.54, 1.807) is 12.2 Å². The maximum atomic E-state index is 12.6. The molecule has 0 fully saturated rings. The Morgan fingerprint density at radius 2 is 1.26 bits per heavy atom. The highest BCUT2D eigenvalue weighted by molar-refractivity contribution is 7.47. The zero-order chi connectivity index (χ0) is 34.7. The number of nitrogens with two attached hydrogens (primary N) is 1. The van der Waals surface area contributed by atoms with Crippen LogP contribution in [-0.2, 0) is 18.4 Å². The number of hydrogen-bond donors (Lipinski definition) is 4. The predicted octanol–water partition coefficient (Wildman–Crippen LogP) is 9.10. The van der Waals surface area contributed by atoms with Crippen molar-refractivity contribution < 1.29 is 28.4 Å². The highest BCUT2D eigenvalue weighted by Crippen LogP contribution is 2.43. The molecule has 0 saturated carbocycles. The average molecular weight is 677 g/mol. The molecule has 0 aliphatic carbocycles. The second-order valence-corrected chi connectivity index (χ2v) is 12.8. The van der Waals surface area contributed by atoms with Gasteiger partial charge in [0.1, 0.15) is 0 Å². The highest BCUT2D eigenvalue weighted by Gasteiger charge is 2.26. The van der Waals surface area contributed by atoms with Gasteiger partial charge in [0.05, 0.1) is 25.4 Å². The van der Waals surface area contributed by atoms with E-state index in [2.05, 4.69) is 73.8 Å². The summed E-state index contributed by atoms with van der Waals surface area (Å²) in [6.07, 6.45) is 43.7. The summed E-state index contributed by atoms with van der Waals surface area (Å²) in [5, 5.41) is 13.5. The first-order valence-corrected chi connectivity index (χ1v) is 19.2. The first-order valence-electron chi connectivity index (χ1n) is 17.7. The Morgan fingerprint density at radius 3 is 1.85 bits per heavy atom. The van der Waals surface area contributed by atoms with Crippen molar-refractivity contribution in [2.75, 3.05) is 19.8 Å². The minimum Gasteiger partial charge on any atom is -0.387 e. The number of phosphoric acid groups is 1. The molecule has 0 aliphatic rings. The molecule has 5 N–H and O–H groups in total. The normalized spacial score (nSPS) is 15.4. The number of hydrogen-bond acceptors (Lipinski definition) is 6. The van der Waals surface area contributed by atoms with E-state index in [1.807, 2.05) is 18.2 Å². The number of phosphoric ester groups is 1. The summed E-state index contributed by atoms with van der Waals surface area (Å²) in [5.41, 5.74) is 5.33. The molecule has 0 heterocycles. The Labute approximate surface area is 286 Å². The van der Waals surface area contributed by atoms with Crippen molar-refractivity contribution in [3.63, 3.8) is 0 Å². The molecule has 0 saturated heterocycles. The van der Waals surface area contributed by atoms with E-state index in [-0.39, 0.29) is 25.5 Å². The summed E-state index contributed by atoms with van der Waals surface area (Å²) < 4.78 is 21.9. The lowest BCUT2D eigenvalue weighted by atomic mass is 10.1. The van der Waals surface area contributed by atoms with Crippen LogP contribution in [0.2, 0.25) is 0 Å². The molecular weight excluding hydrogens is 611 g/mol. The third kappa shape index (κ3) is 32.0. The summed E-state index contributed by atoms with van der Waals surface area (Å²) >= 11 is 0. The van der Waals surface area contributed by atoms with Gasteiger partial charge >= 0.3 is 7.82 Å². The lowest BCUT2D eigenvalue weighted by Gasteiger charge is -2.23. The Hall–Kier alpha value is -2.32. The van der Waals surface area contributed by atoms with Gasteiger partial charge in [-0.05, 0) is 57.8 Å². The van der Waals surface area contributed by atoms with Crippen molar-refractivity contribution in [1.82, 2.24) is 5.32 Å². The molecule has 9 heteroatoms. The van der Waals surface area contributed by atoms with Gasteiger partial charge < -0.3 is 21.1 Å². The average Bonchev–Trinajstić information content (AvgIpc) is 3.05. The SMILES string of the molecule is CC/C=C\C/C=C\C/C=C\C/C=C\C/C=C\CC(=O)NC(COP(=O)(O)OCCN)C(O)/C=C/CC/C=C/CCCCCCCCC. The number of amides is 1. The molecule has 3 atom stereocenters. The van der Waals surface area contributed by atoms with Gasteiger partial charge in [0, 0.05) is 13.0 Å². The molecule has 0 rings (SSSR count). The molecule has 0 aromatic carbocycles. The largest absolute Gasteiger partial charge is 0.472 e. The molecule has 268 valence electrons. The quantitative estimate of drug-likeness (QED) is 0.0327. The molecule has 3 unspecified atom stereocenters. The number of nitrogens with one attached hydrogen (secondary N) is 1. The maximum Gasteiger partial charge on any atom is 0.472 e. The van der Waals surface area contributed by atoms with Gasteiger partial charge in [0.15, 0.2) is 0 Å². The Kier molecular flexibility index (Phi) is 31.9. The molecule has 0 spiro atoms. The zero-order valence-electron chi connectivity index (χ0n) is 29.2. The van der Waals surface area contributed by atoms with Gasteiger partial charge in [0.2, 0.25) is 5.91 Å². The van der Waals surface area contributed by atoms with Crippen LogP contribution < -0.4 is 11.1 Å². The topological polar surface area (TPSA) is 131 Å². The van der Waals surface area contributed by atoms with Gasteiger partial charge in [-0.1, -0.05) is 137 Å². The van der Waals surface area contributed by atoms with Crippen molar-refractivity contribution in [1.29, 1.82) is 0 Å². The van der Waals surface area contributed by atoms with Crippen LogP contribution in [0.3, 0.4) is 0 Å². The first-order chi connectivity index (χ1) is 22.9. The molecule has 1 amide bonds. The summed E-state index contributed by atoms with van der Waals surface area (Å²) in [6, 6.07) is -0.934. The standard InChI is InChI=1S/C38H65N2O6P/c1-3-5-7-9-11-13-15-17-18-20-22-24-26-28-30-32-38(42)40-36(35-46-47(43,44)45-34-33-39)37(41)31-29-27-25-23-21-19-16-14-12-10-8-6-4-2/h5,7,11,13,17-18,21-24,28-31,36-37,41H,3-4,6,8-10,12,14-16,19-20,25-27,32-35,39H2,1-2H3,(H,40,42)(H,43,44)/b7-5-,13-11-,18-17-,23-21+,24-22-,30-28-,31-29+. The van der Waals surface area contributed by atoms with E-state index in [9.17, 15) is 19.4 Å². The Morgan fingerprint density at radius 1 is 0.723 bits per heavy atom. The molecule has 0 bridgehead atoms. The third-order valence-corrected chi connectivity index (χ3v) is 7.97. The number of rotatable bonds is 31. The summed E-state index contributed by atoms with van der Waals surface area (Å²) in [4.78, 5) is 22.5. The van der Waals surface area contributed by atoms with Gasteiger partial charge in [-0.2, -0.15) is 0 Å². The highest BCUT2D eigenvalue weighted by atomic mass is 31.2. The summed E-state index contributed by atoms with van der Waals surface area (Å²) in [7, 11) is -4.37. The fourth-order valence-electron chi connectivity index (χ4n) is 4.33. The fraction of sp³-hybridized carbons (Fsp3) is 0.605. The van der Waals surface area contributed by atoms with Crippen LogP contribution >= 0.6 is 7.82 Å². The fourth-order valence-corrected chi connectivity index (χ4v) is 5.09. The molecule has 8 nitrogen and oxygen atoms in total. The van der Waals surface area contributed by atoms with Crippen molar-refractivity contribution in [2.45, 2.75) is 129 Å². The van der Waals surface area contributed by atoms with E-state index < -0.39 is 26.6 Å². The van der Waals surface area contributed by atoms with E-state index in [4.69, 9.17) is 14.8 Å². The van der Waals surface area contributed by atoms with Crippen molar-refractivity contribution >= 4 is 13.7 Å². The van der Waals surface area contributed by atoms with Gasteiger partial charge in [-0.25, -0.2) is 4.57 Å². The molecular formula is C38H65N2O6P. The van der Waals surface area contributed by atoms with Crippen molar-refractivity contribution in [3.8, 4) is 0 Å². The van der Waals surface area contributed by atoms with Crippen LogP contribution in [0.25, 0.3) is 0 Å². The number of carbonyl (C=O) groups excluding carboxylic acids is 1. The third-order valence-electron chi connectivity index (χ3n) is 6.98. The van der Waals surface area contributed by atoms with Crippen LogP contribution in [0.1, 0.15) is 117 Å². The Balaban J connectivity index is 4.61. The molecule has 0 aliphatic heterocycles. The summed E-state index contributed by atoms with van der Waals surface area (Å²) in [6.45, 7) is 3.87. The number of carbonyl (C=O) groups is 1. The predicted molar refractivity (Wildman–Crippen MR) is 198 cm³/mol. The van der Waals surface area contributed by atoms with Gasteiger partial charge in [0.25, 0.3) is 0 Å². The number of allylic oxidation sites excluding steroid dienone is 12. The van der Waals surface area contributed by atoms with Crippen LogP contribution in [0.4, 0.5) is 0 Å². The smallest absolute Gasteiger partial charge is 0.387 e. The second-order valence-electron chi connectivity index (χ2n) is 11.3. The van der Waals surface area contributed by atoms with Crippen LogP contribution in [-0.4, -0.2) is 47.8 Å². The zero-order valence-corrected chi connectivity index (χ0v) is 30.1. The van der Waals surface area contributed by atoms with Gasteiger partial charge in [-0.15, -0.1) is 0 Å². The minimum absolute atomic E-state index is 0.0557. The van der Waals surface area contributed by atoms with Crippen molar-refractivity contribution in [2.24, 2.45) is 5.73 Å². The number of unbranched alkanes of at least 4 members (excludes halogenated alkanes) is 8. The monoisotopic (exact) mass is 676 g/mol. The van der Waals surface area contributed by atoms with Crippen LogP contribution in [0, 0.1) is 0 Å². The lowest BCUT2D eigenvalue weighted by molar-refractivity contribution is -0.122. The van der Waals surface area contributed by atoms with Crippen molar-refractivity contribution in [3.05, 3.63) is 85.1 Å². The van der Waals surface area contributed by atoms with Crippen LogP contribution in [0.5, 0.6) is 0 Å². The minimum atomic E-state index is -4.37. The summed E-state index contributed by atoms with van der Waals surface area (Å²) in [5.74, 6) is -0.337. The molecule has 0 aromatic rings. The van der Waals surface area contributed by atoms with E-state index >= 15 is 0 Å².